The van der Waals surface area contributed by atoms with Gasteiger partial charge in [-0.05, 0) is 17.9 Å². The molecule has 1 aliphatic heterocycles. The van der Waals surface area contributed by atoms with E-state index < -0.39 is 6.03 Å². The number of amides is 4. The Morgan fingerprint density at radius 2 is 1.96 bits per heavy atom. The Hall–Kier alpha value is -1.93. The van der Waals surface area contributed by atoms with E-state index in [9.17, 15) is 14.4 Å². The van der Waals surface area contributed by atoms with Crippen molar-refractivity contribution in [1.29, 1.82) is 0 Å². The van der Waals surface area contributed by atoms with Crippen molar-refractivity contribution < 1.29 is 14.4 Å². The number of nitrogens with zero attached hydrogens (tertiary/aromatic N) is 2. The van der Waals surface area contributed by atoms with Crippen LogP contribution < -0.4 is 10.6 Å². The fourth-order valence-corrected chi connectivity index (χ4v) is 3.10. The number of carbonyl (C=O) groups is 3. The Bertz CT molecular complexity index is 539. The summed E-state index contributed by atoms with van der Waals surface area (Å²) in [5.41, 5.74) is 0. The van der Waals surface area contributed by atoms with Crippen LogP contribution in [0.5, 0.6) is 0 Å². The largest absolute Gasteiger partial charge is 0.340 e. The van der Waals surface area contributed by atoms with Gasteiger partial charge in [-0.1, -0.05) is 6.07 Å². The predicted molar refractivity (Wildman–Crippen MR) is 88.3 cm³/mol. The van der Waals surface area contributed by atoms with Crippen molar-refractivity contribution in [2.24, 2.45) is 0 Å². The number of rotatable bonds is 5. The van der Waals surface area contributed by atoms with Gasteiger partial charge in [0.25, 0.3) is 0 Å². The first-order valence-electron chi connectivity index (χ1n) is 7.62. The molecule has 0 unspecified atom stereocenters. The quantitative estimate of drug-likeness (QED) is 0.808. The summed E-state index contributed by atoms with van der Waals surface area (Å²) in [6.45, 7) is 4.75. The molecule has 0 atom stereocenters. The number of thiophene rings is 1. The Kier molecular flexibility index (Phi) is 6.54. The molecule has 0 spiro atoms. The molecule has 1 fully saturated rings. The molecule has 7 nitrogen and oxygen atoms in total. The van der Waals surface area contributed by atoms with Crippen LogP contribution in [0.4, 0.5) is 4.79 Å². The fraction of sp³-hybridized carbons (Fsp3) is 0.533. The van der Waals surface area contributed by atoms with Crippen LogP contribution in [0.25, 0.3) is 0 Å². The van der Waals surface area contributed by atoms with Crippen LogP contribution in [-0.4, -0.2) is 66.9 Å². The van der Waals surface area contributed by atoms with Crippen LogP contribution in [0.15, 0.2) is 17.5 Å². The first kappa shape index (κ1) is 17.4. The lowest BCUT2D eigenvalue weighted by Crippen LogP contribution is -2.52. The molecule has 1 aromatic rings. The third kappa shape index (κ3) is 5.99. The van der Waals surface area contributed by atoms with E-state index >= 15 is 0 Å². The number of imide groups is 1. The zero-order valence-corrected chi connectivity index (χ0v) is 14.0. The van der Waals surface area contributed by atoms with Gasteiger partial charge in [0.2, 0.25) is 11.8 Å². The molecular weight excluding hydrogens is 316 g/mol. The zero-order chi connectivity index (χ0) is 16.7. The highest BCUT2D eigenvalue weighted by atomic mass is 32.1. The minimum Gasteiger partial charge on any atom is -0.340 e. The van der Waals surface area contributed by atoms with Crippen molar-refractivity contribution in [3.63, 3.8) is 0 Å². The molecular formula is C15H22N4O3S. The summed E-state index contributed by atoms with van der Waals surface area (Å²) < 4.78 is 0. The summed E-state index contributed by atoms with van der Waals surface area (Å²) in [5, 5.41) is 7.00. The molecule has 0 aliphatic carbocycles. The molecule has 23 heavy (non-hydrogen) atoms. The highest BCUT2D eigenvalue weighted by Gasteiger charge is 2.20. The molecule has 2 N–H and O–H groups in total. The Morgan fingerprint density at radius 1 is 1.22 bits per heavy atom. The van der Waals surface area contributed by atoms with Crippen molar-refractivity contribution in [3.05, 3.63) is 22.4 Å². The SMILES string of the molecule is CC(=O)N1CCN(CC(=O)NC(=O)NCCc2cccs2)CC1. The third-order valence-corrected chi connectivity index (χ3v) is 4.61. The lowest BCUT2D eigenvalue weighted by Gasteiger charge is -2.33. The van der Waals surface area contributed by atoms with Gasteiger partial charge in [0.15, 0.2) is 0 Å². The van der Waals surface area contributed by atoms with Gasteiger partial charge in [-0.15, -0.1) is 11.3 Å². The molecule has 0 radical (unpaired) electrons. The summed E-state index contributed by atoms with van der Waals surface area (Å²) in [6.07, 6.45) is 0.756. The van der Waals surface area contributed by atoms with Gasteiger partial charge in [0, 0.05) is 44.5 Å². The third-order valence-electron chi connectivity index (χ3n) is 3.67. The predicted octanol–water partition coefficient (Wildman–Crippen LogP) is 0.281. The summed E-state index contributed by atoms with van der Waals surface area (Å²) >= 11 is 1.64. The maximum absolute atomic E-state index is 11.8. The highest BCUT2D eigenvalue weighted by Crippen LogP contribution is 2.07. The van der Waals surface area contributed by atoms with Gasteiger partial charge in [-0.25, -0.2) is 4.79 Å². The number of hydrogen-bond donors (Lipinski definition) is 2. The molecule has 0 aromatic carbocycles. The van der Waals surface area contributed by atoms with Gasteiger partial charge in [0.05, 0.1) is 6.54 Å². The molecule has 1 saturated heterocycles. The standard InChI is InChI=1S/C15H22N4O3S/c1-12(20)19-8-6-18(7-9-19)11-14(21)17-15(22)16-5-4-13-3-2-10-23-13/h2-3,10H,4-9,11H2,1H3,(H2,16,17,21,22). The summed E-state index contributed by atoms with van der Waals surface area (Å²) in [6, 6.07) is 3.51. The lowest BCUT2D eigenvalue weighted by atomic mass is 10.3. The van der Waals surface area contributed by atoms with Gasteiger partial charge in [-0.2, -0.15) is 0 Å². The molecule has 2 rings (SSSR count). The van der Waals surface area contributed by atoms with E-state index in [4.69, 9.17) is 0 Å². The number of piperazine rings is 1. The Morgan fingerprint density at radius 3 is 2.57 bits per heavy atom. The average Bonchev–Trinajstić information content (AvgIpc) is 3.01. The molecule has 4 amide bonds. The van der Waals surface area contributed by atoms with E-state index in [1.54, 1.807) is 23.2 Å². The molecule has 1 aromatic heterocycles. The molecule has 1 aliphatic rings. The monoisotopic (exact) mass is 338 g/mol. The van der Waals surface area contributed by atoms with Crippen LogP contribution in [0.2, 0.25) is 0 Å². The first-order valence-corrected chi connectivity index (χ1v) is 8.50. The number of urea groups is 1. The van der Waals surface area contributed by atoms with Gasteiger partial charge in [-0.3, -0.25) is 19.8 Å². The number of hydrogen-bond acceptors (Lipinski definition) is 5. The zero-order valence-electron chi connectivity index (χ0n) is 13.2. The fourth-order valence-electron chi connectivity index (χ4n) is 2.39. The smallest absolute Gasteiger partial charge is 0.321 e. The van der Waals surface area contributed by atoms with E-state index in [1.165, 1.54) is 4.88 Å². The highest BCUT2D eigenvalue weighted by molar-refractivity contribution is 7.09. The normalized spacial score (nSPS) is 15.3. The summed E-state index contributed by atoms with van der Waals surface area (Å²) in [7, 11) is 0. The summed E-state index contributed by atoms with van der Waals surface area (Å²) in [4.78, 5) is 39.6. The van der Waals surface area contributed by atoms with Gasteiger partial charge < -0.3 is 10.2 Å². The Balaban J connectivity index is 1.60. The van der Waals surface area contributed by atoms with Crippen LogP contribution in [-0.2, 0) is 16.0 Å². The molecule has 0 saturated carbocycles. The van der Waals surface area contributed by atoms with Crippen molar-refractivity contribution in [3.8, 4) is 0 Å². The van der Waals surface area contributed by atoms with Crippen molar-refractivity contribution in [2.75, 3.05) is 39.3 Å². The van der Waals surface area contributed by atoms with Gasteiger partial charge >= 0.3 is 6.03 Å². The molecule has 126 valence electrons. The van der Waals surface area contributed by atoms with Crippen LogP contribution in [0.3, 0.4) is 0 Å². The second kappa shape index (κ2) is 8.64. The van der Waals surface area contributed by atoms with Gasteiger partial charge in [0.1, 0.15) is 0 Å². The summed E-state index contributed by atoms with van der Waals surface area (Å²) in [5.74, 6) is -0.269. The second-order valence-corrected chi connectivity index (χ2v) is 6.45. The lowest BCUT2D eigenvalue weighted by molar-refractivity contribution is -0.130. The molecule has 8 heteroatoms. The van der Waals surface area contributed by atoms with E-state index in [2.05, 4.69) is 10.6 Å². The van der Waals surface area contributed by atoms with Crippen LogP contribution >= 0.6 is 11.3 Å². The van der Waals surface area contributed by atoms with Crippen molar-refractivity contribution >= 4 is 29.2 Å². The maximum atomic E-state index is 11.8. The van der Waals surface area contributed by atoms with Crippen molar-refractivity contribution in [2.45, 2.75) is 13.3 Å². The molecule has 2 heterocycles. The average molecular weight is 338 g/mol. The minimum absolute atomic E-state index is 0.0548. The van der Waals surface area contributed by atoms with E-state index in [0.717, 1.165) is 6.42 Å². The molecule has 0 bridgehead atoms. The first-order chi connectivity index (χ1) is 11.0. The number of nitrogens with one attached hydrogen (secondary N) is 2. The van der Waals surface area contributed by atoms with E-state index in [1.807, 2.05) is 22.4 Å². The van der Waals surface area contributed by atoms with E-state index in [-0.39, 0.29) is 18.4 Å². The minimum atomic E-state index is -0.464. The Labute approximate surface area is 139 Å². The second-order valence-electron chi connectivity index (χ2n) is 5.42. The topological polar surface area (TPSA) is 81.8 Å². The van der Waals surface area contributed by atoms with Crippen LogP contribution in [0.1, 0.15) is 11.8 Å². The van der Waals surface area contributed by atoms with Crippen molar-refractivity contribution in [1.82, 2.24) is 20.4 Å². The maximum Gasteiger partial charge on any atom is 0.321 e. The van der Waals surface area contributed by atoms with Crippen LogP contribution in [0, 0.1) is 0 Å². The van der Waals surface area contributed by atoms with E-state index in [0.29, 0.717) is 32.7 Å². The number of carbonyl (C=O) groups excluding carboxylic acids is 3.